The van der Waals surface area contributed by atoms with Crippen molar-refractivity contribution in [2.45, 2.75) is 76.7 Å². The highest BCUT2D eigenvalue weighted by Crippen LogP contribution is 2.42. The van der Waals surface area contributed by atoms with Gasteiger partial charge < -0.3 is 54.3 Å². The molecule has 2 heterocycles. The van der Waals surface area contributed by atoms with Crippen molar-refractivity contribution in [3.8, 4) is 0 Å². The summed E-state index contributed by atoms with van der Waals surface area (Å²) in [5.74, 6) is -2.77. The zero-order chi connectivity index (χ0) is 29.7. The highest BCUT2D eigenvalue weighted by molar-refractivity contribution is 5.90. The molecule has 13 nitrogen and oxygen atoms in total. The second kappa shape index (κ2) is 14.2. The minimum absolute atomic E-state index is 0.0256. The van der Waals surface area contributed by atoms with Gasteiger partial charge in [0.15, 0.2) is 6.29 Å². The number of aliphatic hydroxyl groups is 6. The Morgan fingerprint density at radius 2 is 1.85 bits per heavy atom. The van der Waals surface area contributed by atoms with Crippen LogP contribution in [0.25, 0.3) is 0 Å². The molecule has 0 amide bonds. The number of ether oxygens (including phenoxy) is 5. The van der Waals surface area contributed by atoms with Gasteiger partial charge in [-0.05, 0) is 31.1 Å². The second-order valence-electron chi connectivity index (χ2n) is 10.8. The predicted octanol–water partition coefficient (Wildman–Crippen LogP) is -1.03. The fourth-order valence-electron chi connectivity index (χ4n) is 5.92. The molecule has 228 valence electrons. The average molecular weight is 575 g/mol. The van der Waals surface area contributed by atoms with Gasteiger partial charge >= 0.3 is 11.9 Å². The molecule has 0 aromatic heterocycles. The molecule has 3 rings (SSSR count). The summed E-state index contributed by atoms with van der Waals surface area (Å²) in [5, 5.41) is 60.1. The maximum Gasteiger partial charge on any atom is 0.337 e. The lowest BCUT2D eigenvalue weighted by Gasteiger charge is -2.41. The van der Waals surface area contributed by atoms with Gasteiger partial charge in [0.25, 0.3) is 0 Å². The number of allylic oxidation sites excluding steroid dienone is 1. The number of carbonyl (C=O) groups excluding carboxylic acids is 2. The number of hydrogen-bond acceptors (Lipinski definition) is 13. The summed E-state index contributed by atoms with van der Waals surface area (Å²) in [6, 6.07) is 0. The summed E-state index contributed by atoms with van der Waals surface area (Å²) in [4.78, 5) is 25.6. The Labute approximate surface area is 232 Å². The SMILES string of the molecule is C/C=C1/[C@H](O[C@@H]2O[C@H](CO)[C@@H](O)[C@H](O)[C@H]2O)OC=C(C(=O)OC)[C@H]1CC(=O)OC[C@H]1[C@H]([C@H](C)CO)[C@@H](O)C[C@@H]1C. The molecule has 1 aliphatic carbocycles. The maximum atomic E-state index is 13.1. The lowest BCUT2D eigenvalue weighted by molar-refractivity contribution is -0.327. The van der Waals surface area contributed by atoms with Crippen LogP contribution in [-0.2, 0) is 33.3 Å². The standard InChI is InChI=1S/C27H42O13/c1-5-14-15(7-20(31)37-10-16-12(2)6-18(30)21(16)13(3)8-28)17(25(35)36-4)11-38-26(14)40-27-24(34)23(33)22(32)19(9-29)39-27/h5,11-13,15-16,18-19,21-24,26-30,32-34H,6-10H2,1-4H3/b14-5+/t12-,13+,15-,16+,18-,19+,21-,22+,23-,24+,26-,27-/m0/s1. The van der Waals surface area contributed by atoms with Gasteiger partial charge in [-0.2, -0.15) is 0 Å². The van der Waals surface area contributed by atoms with Gasteiger partial charge in [0, 0.05) is 24.0 Å². The van der Waals surface area contributed by atoms with E-state index in [4.69, 9.17) is 23.7 Å². The normalized spacial score (nSPS) is 39.8. The highest BCUT2D eigenvalue weighted by atomic mass is 16.8. The Morgan fingerprint density at radius 3 is 2.45 bits per heavy atom. The smallest absolute Gasteiger partial charge is 0.337 e. The molecule has 40 heavy (non-hydrogen) atoms. The Balaban J connectivity index is 1.75. The first-order chi connectivity index (χ1) is 19.0. The summed E-state index contributed by atoms with van der Waals surface area (Å²) >= 11 is 0. The lowest BCUT2D eigenvalue weighted by Crippen LogP contribution is -2.60. The molecule has 0 bridgehead atoms. The van der Waals surface area contributed by atoms with Gasteiger partial charge in [-0.1, -0.05) is 19.9 Å². The van der Waals surface area contributed by atoms with Gasteiger partial charge in [0.2, 0.25) is 6.29 Å². The monoisotopic (exact) mass is 574 g/mol. The molecule has 1 saturated heterocycles. The zero-order valence-corrected chi connectivity index (χ0v) is 23.2. The number of hydrogen-bond donors (Lipinski definition) is 6. The quantitative estimate of drug-likeness (QED) is 0.137. The molecular weight excluding hydrogens is 532 g/mol. The van der Waals surface area contributed by atoms with Crippen LogP contribution in [0, 0.1) is 29.6 Å². The number of aliphatic hydroxyl groups excluding tert-OH is 6. The fraction of sp³-hybridized carbons (Fsp3) is 0.778. The topological polar surface area (TPSA) is 202 Å². The third-order valence-electron chi connectivity index (χ3n) is 8.26. The minimum Gasteiger partial charge on any atom is -0.468 e. The van der Waals surface area contributed by atoms with Crippen LogP contribution in [0.4, 0.5) is 0 Å². The number of esters is 2. The molecule has 13 heteroatoms. The van der Waals surface area contributed by atoms with E-state index in [0.29, 0.717) is 12.0 Å². The Hall–Kier alpha value is -2.10. The number of rotatable bonds is 10. The van der Waals surface area contributed by atoms with E-state index >= 15 is 0 Å². The largest absolute Gasteiger partial charge is 0.468 e. The van der Waals surface area contributed by atoms with E-state index in [9.17, 15) is 40.2 Å². The van der Waals surface area contributed by atoms with Gasteiger partial charge in [-0.25, -0.2) is 4.79 Å². The van der Waals surface area contributed by atoms with E-state index in [0.717, 1.165) is 6.26 Å². The van der Waals surface area contributed by atoms with E-state index < -0.39 is 67.6 Å². The van der Waals surface area contributed by atoms with E-state index in [1.165, 1.54) is 7.11 Å². The molecule has 3 aliphatic rings. The van der Waals surface area contributed by atoms with Crippen LogP contribution in [0.3, 0.4) is 0 Å². The molecule has 0 unspecified atom stereocenters. The fourth-order valence-corrected chi connectivity index (χ4v) is 5.92. The van der Waals surface area contributed by atoms with Gasteiger partial charge in [0.05, 0.1) is 44.7 Å². The van der Waals surface area contributed by atoms with Crippen molar-refractivity contribution in [2.24, 2.45) is 29.6 Å². The Bertz CT molecular complexity index is 929. The third kappa shape index (κ3) is 6.85. The summed E-state index contributed by atoms with van der Waals surface area (Å²) < 4.78 is 27.2. The first kappa shape index (κ1) is 32.4. The van der Waals surface area contributed by atoms with Crippen LogP contribution in [0.1, 0.15) is 33.6 Å². The van der Waals surface area contributed by atoms with Gasteiger partial charge in [-0.15, -0.1) is 0 Å². The molecule has 2 fully saturated rings. The molecule has 12 atom stereocenters. The molecular formula is C27H42O13. The second-order valence-corrected chi connectivity index (χ2v) is 10.8. The van der Waals surface area contributed by atoms with Crippen molar-refractivity contribution in [2.75, 3.05) is 26.9 Å². The van der Waals surface area contributed by atoms with E-state index in [1.54, 1.807) is 13.0 Å². The molecule has 0 aromatic rings. The summed E-state index contributed by atoms with van der Waals surface area (Å²) in [6.45, 7) is 4.70. The van der Waals surface area contributed by atoms with Crippen molar-refractivity contribution in [3.63, 3.8) is 0 Å². The average Bonchev–Trinajstić information content (AvgIpc) is 3.23. The molecule has 1 saturated carbocycles. The van der Waals surface area contributed by atoms with Crippen LogP contribution >= 0.6 is 0 Å². The number of carbonyl (C=O) groups is 2. The van der Waals surface area contributed by atoms with Crippen LogP contribution in [0.2, 0.25) is 0 Å². The molecule has 0 spiro atoms. The summed E-state index contributed by atoms with van der Waals surface area (Å²) in [5.41, 5.74) is 0.339. The molecule has 2 aliphatic heterocycles. The van der Waals surface area contributed by atoms with Gasteiger partial charge in [0.1, 0.15) is 24.4 Å². The van der Waals surface area contributed by atoms with Crippen molar-refractivity contribution in [3.05, 3.63) is 23.5 Å². The maximum absolute atomic E-state index is 13.1. The van der Waals surface area contributed by atoms with Crippen molar-refractivity contribution in [1.82, 2.24) is 0 Å². The molecule has 0 radical (unpaired) electrons. The van der Waals surface area contributed by atoms with Gasteiger partial charge in [-0.3, -0.25) is 4.79 Å². The van der Waals surface area contributed by atoms with Crippen LogP contribution in [0.5, 0.6) is 0 Å². The van der Waals surface area contributed by atoms with Crippen molar-refractivity contribution < 1.29 is 63.9 Å². The minimum atomic E-state index is -1.69. The predicted molar refractivity (Wildman–Crippen MR) is 136 cm³/mol. The highest BCUT2D eigenvalue weighted by Gasteiger charge is 2.47. The summed E-state index contributed by atoms with van der Waals surface area (Å²) in [6.07, 6.45) is -6.64. The van der Waals surface area contributed by atoms with Crippen LogP contribution in [0.15, 0.2) is 23.5 Å². The summed E-state index contributed by atoms with van der Waals surface area (Å²) in [7, 11) is 1.18. The van der Waals surface area contributed by atoms with E-state index in [-0.39, 0.29) is 48.9 Å². The Kier molecular flexibility index (Phi) is 11.5. The first-order valence-corrected chi connectivity index (χ1v) is 13.5. The molecule has 6 N–H and O–H groups in total. The third-order valence-corrected chi connectivity index (χ3v) is 8.26. The van der Waals surface area contributed by atoms with E-state index in [1.807, 2.05) is 13.8 Å². The molecule has 0 aromatic carbocycles. The van der Waals surface area contributed by atoms with Crippen molar-refractivity contribution >= 4 is 11.9 Å². The van der Waals surface area contributed by atoms with E-state index in [2.05, 4.69) is 0 Å². The number of methoxy groups -OCH3 is 1. The first-order valence-electron chi connectivity index (χ1n) is 13.5. The van der Waals surface area contributed by atoms with Crippen molar-refractivity contribution in [1.29, 1.82) is 0 Å². The Morgan fingerprint density at radius 1 is 1.15 bits per heavy atom. The lowest BCUT2D eigenvalue weighted by atomic mass is 9.82. The van der Waals surface area contributed by atoms with Crippen LogP contribution < -0.4 is 0 Å². The zero-order valence-electron chi connectivity index (χ0n) is 23.2. The van der Waals surface area contributed by atoms with Crippen LogP contribution in [-0.4, -0.2) is 113 Å².